The summed E-state index contributed by atoms with van der Waals surface area (Å²) in [5.74, 6) is 0.794. The van der Waals surface area contributed by atoms with Crippen LogP contribution < -0.4 is 0 Å². The average Bonchev–Trinajstić information content (AvgIpc) is 2.72. The van der Waals surface area contributed by atoms with Crippen LogP contribution in [0, 0.1) is 20.8 Å². The summed E-state index contributed by atoms with van der Waals surface area (Å²) in [5, 5.41) is 4.53. The second-order valence-electron chi connectivity index (χ2n) is 4.41. The molecule has 5 heteroatoms. The van der Waals surface area contributed by atoms with Gasteiger partial charge in [0.05, 0.1) is 0 Å². The topological polar surface area (TPSA) is 43.1 Å². The van der Waals surface area contributed by atoms with E-state index in [1.54, 1.807) is 0 Å². The SMILES string of the molecule is C=CN=C([CH]=[V])c1cccc(-n2nc(C)c(C)c2C)n1. The fourth-order valence-corrected chi connectivity index (χ4v) is 2.20. The molecule has 0 unspecified atom stereocenters. The van der Waals surface area contributed by atoms with Gasteiger partial charge in [-0.15, -0.1) is 0 Å². The first-order valence-corrected chi connectivity index (χ1v) is 7.06. The van der Waals surface area contributed by atoms with Crippen molar-refractivity contribution >= 4 is 10.4 Å². The summed E-state index contributed by atoms with van der Waals surface area (Å²) in [6, 6.07) is 5.82. The third kappa shape index (κ3) is 2.71. The van der Waals surface area contributed by atoms with Crippen molar-refractivity contribution in [3.8, 4) is 5.82 Å². The third-order valence-corrected chi connectivity index (χ3v) is 3.60. The van der Waals surface area contributed by atoms with Gasteiger partial charge in [-0.1, -0.05) is 0 Å². The molecule has 2 aromatic heterocycles. The van der Waals surface area contributed by atoms with E-state index < -0.39 is 0 Å². The molecule has 4 nitrogen and oxygen atoms in total. The Bertz CT molecular complexity index is 698. The molecule has 0 bridgehead atoms. The molecule has 101 valence electrons. The summed E-state index contributed by atoms with van der Waals surface area (Å²) in [6.07, 6.45) is 1.51. The molecule has 2 aromatic rings. The minimum absolute atomic E-state index is 0.778. The molecule has 0 spiro atoms. The Hall–Kier alpha value is -1.78. The van der Waals surface area contributed by atoms with E-state index in [0.29, 0.717) is 0 Å². The second-order valence-corrected chi connectivity index (χ2v) is 4.82. The van der Waals surface area contributed by atoms with Crippen molar-refractivity contribution in [2.45, 2.75) is 20.8 Å². The zero-order chi connectivity index (χ0) is 14.7. The summed E-state index contributed by atoms with van der Waals surface area (Å²) in [7, 11) is 0. The van der Waals surface area contributed by atoms with Crippen LogP contribution in [0.1, 0.15) is 22.6 Å². The van der Waals surface area contributed by atoms with Gasteiger partial charge in [-0.05, 0) is 0 Å². The van der Waals surface area contributed by atoms with Gasteiger partial charge in [0.25, 0.3) is 0 Å². The molecule has 0 aliphatic heterocycles. The Labute approximate surface area is 127 Å². The molecule has 0 N–H and O–H groups in total. The molecule has 0 aliphatic rings. The van der Waals surface area contributed by atoms with Gasteiger partial charge in [0, 0.05) is 0 Å². The van der Waals surface area contributed by atoms with E-state index in [-0.39, 0.29) is 0 Å². The third-order valence-electron chi connectivity index (χ3n) is 3.22. The molecule has 20 heavy (non-hydrogen) atoms. The second kappa shape index (κ2) is 6.12. The van der Waals surface area contributed by atoms with Crippen LogP contribution in [-0.2, 0) is 17.0 Å². The van der Waals surface area contributed by atoms with Crippen molar-refractivity contribution in [2.75, 3.05) is 0 Å². The van der Waals surface area contributed by atoms with Gasteiger partial charge >= 0.3 is 127 Å². The van der Waals surface area contributed by atoms with Crippen LogP contribution in [-0.4, -0.2) is 25.2 Å². The summed E-state index contributed by atoms with van der Waals surface area (Å²) in [5.41, 5.74) is 4.89. The first-order valence-electron chi connectivity index (χ1n) is 6.25. The molecular weight excluding hydrogens is 287 g/mol. The Morgan fingerprint density at radius 2 is 2.10 bits per heavy atom. The van der Waals surface area contributed by atoms with E-state index in [0.717, 1.165) is 28.6 Å². The van der Waals surface area contributed by atoms with E-state index in [2.05, 4.69) is 45.6 Å². The molecule has 0 saturated carbocycles. The number of aromatic nitrogens is 3. The van der Waals surface area contributed by atoms with Gasteiger partial charge in [-0.3, -0.25) is 0 Å². The predicted octanol–water partition coefficient (Wildman–Crippen LogP) is 2.47. The van der Waals surface area contributed by atoms with E-state index in [1.165, 1.54) is 11.8 Å². The molecule has 2 rings (SSSR count). The summed E-state index contributed by atoms with van der Waals surface area (Å²) in [6.45, 7) is 9.74. The first-order chi connectivity index (χ1) is 9.58. The number of nitrogens with zero attached hydrogens (tertiary/aromatic N) is 4. The number of aliphatic imine (C=N–C) groups is 1. The summed E-state index contributed by atoms with van der Waals surface area (Å²) < 4.78 is 3.72. The van der Waals surface area contributed by atoms with E-state index in [4.69, 9.17) is 0 Å². The number of hydrogen-bond donors (Lipinski definition) is 0. The molecule has 0 radical (unpaired) electrons. The quantitative estimate of drug-likeness (QED) is 0.814. The molecule has 0 saturated heterocycles. The van der Waals surface area contributed by atoms with Crippen LogP contribution in [0.25, 0.3) is 5.82 Å². The molecule has 0 amide bonds. The fourth-order valence-electron chi connectivity index (χ4n) is 1.89. The normalized spacial score (nSPS) is 11.4. The van der Waals surface area contributed by atoms with Gasteiger partial charge in [-0.2, -0.15) is 0 Å². The Kier molecular flexibility index (Phi) is 4.47. The van der Waals surface area contributed by atoms with Gasteiger partial charge < -0.3 is 0 Å². The number of pyridine rings is 1. The summed E-state index contributed by atoms with van der Waals surface area (Å²) in [4.78, 5) is 8.84. The predicted molar refractivity (Wildman–Crippen MR) is 78.4 cm³/mol. The van der Waals surface area contributed by atoms with Gasteiger partial charge in [0.2, 0.25) is 0 Å². The van der Waals surface area contributed by atoms with Crippen LogP contribution in [0.15, 0.2) is 36.0 Å². The van der Waals surface area contributed by atoms with E-state index >= 15 is 0 Å². The van der Waals surface area contributed by atoms with Crippen LogP contribution in [0.3, 0.4) is 0 Å². The Morgan fingerprint density at radius 1 is 1.35 bits per heavy atom. The van der Waals surface area contributed by atoms with Gasteiger partial charge in [-0.25, -0.2) is 0 Å². The van der Waals surface area contributed by atoms with Crippen LogP contribution in [0.5, 0.6) is 0 Å². The molecule has 0 aliphatic carbocycles. The number of rotatable bonds is 4. The molecule has 0 atom stereocenters. The van der Waals surface area contributed by atoms with Crippen molar-refractivity contribution in [3.05, 3.63) is 53.6 Å². The Morgan fingerprint density at radius 3 is 2.65 bits per heavy atom. The van der Waals surface area contributed by atoms with Crippen molar-refractivity contribution in [3.63, 3.8) is 0 Å². The van der Waals surface area contributed by atoms with E-state index in [9.17, 15) is 0 Å². The van der Waals surface area contributed by atoms with Crippen molar-refractivity contribution in [1.82, 2.24) is 14.8 Å². The van der Waals surface area contributed by atoms with Crippen molar-refractivity contribution in [2.24, 2.45) is 4.99 Å². The van der Waals surface area contributed by atoms with Crippen LogP contribution >= 0.6 is 0 Å². The molecule has 0 fully saturated rings. The zero-order valence-corrected chi connectivity index (χ0v) is 13.2. The van der Waals surface area contributed by atoms with Gasteiger partial charge in [0.1, 0.15) is 0 Å². The first kappa shape index (κ1) is 14.6. The summed E-state index contributed by atoms with van der Waals surface area (Å²) >= 11 is 2.39. The van der Waals surface area contributed by atoms with Crippen molar-refractivity contribution < 1.29 is 17.0 Å². The molecular formula is C15H16N4V. The minimum atomic E-state index is 0.778. The van der Waals surface area contributed by atoms with Gasteiger partial charge in [0.15, 0.2) is 0 Å². The van der Waals surface area contributed by atoms with Crippen LogP contribution in [0.4, 0.5) is 0 Å². The van der Waals surface area contributed by atoms with Crippen LogP contribution in [0.2, 0.25) is 0 Å². The monoisotopic (exact) mass is 303 g/mol. The molecule has 0 aromatic carbocycles. The average molecular weight is 303 g/mol. The number of aryl methyl sites for hydroxylation is 1. The maximum absolute atomic E-state index is 4.63. The standard InChI is InChI=1S/C15H16N4.V/c1-6-16-12(4)14-8-7-9-15(17-14)19-13(5)10(2)11(3)18-19;/h4,6-9H,1H2,2-3,5H3;. The Balaban J connectivity index is 2.54. The maximum atomic E-state index is 4.63. The number of hydrogen-bond acceptors (Lipinski definition) is 3. The van der Waals surface area contributed by atoms with Crippen molar-refractivity contribution in [1.29, 1.82) is 0 Å². The molecule has 2 heterocycles. The fraction of sp³-hybridized carbons (Fsp3) is 0.200. The van der Waals surface area contributed by atoms with E-state index in [1.807, 2.05) is 41.5 Å². The zero-order valence-electron chi connectivity index (χ0n) is 11.8.